The van der Waals surface area contributed by atoms with Crippen LogP contribution in [0.2, 0.25) is 0 Å². The number of aryl methyl sites for hydroxylation is 1. The fourth-order valence-corrected chi connectivity index (χ4v) is 1.94. The molecule has 0 unspecified atom stereocenters. The van der Waals surface area contributed by atoms with Crippen molar-refractivity contribution in [3.05, 3.63) is 47.0 Å². The smallest absolute Gasteiger partial charge is 0.0231 e. The Morgan fingerprint density at radius 3 is 2.31 bits per heavy atom. The molecular formula is C15H23N. The molecule has 1 nitrogen and oxygen atoms in total. The zero-order chi connectivity index (χ0) is 12.1. The van der Waals surface area contributed by atoms with Gasteiger partial charge in [-0.2, -0.15) is 0 Å². The number of nitrogens with two attached hydrogens (primary N) is 1. The van der Waals surface area contributed by atoms with E-state index < -0.39 is 0 Å². The monoisotopic (exact) mass is 217 g/mol. The molecule has 0 amide bonds. The van der Waals surface area contributed by atoms with E-state index in [0.29, 0.717) is 5.92 Å². The Morgan fingerprint density at radius 2 is 1.81 bits per heavy atom. The quantitative estimate of drug-likeness (QED) is 0.763. The summed E-state index contributed by atoms with van der Waals surface area (Å²) < 4.78 is 0. The van der Waals surface area contributed by atoms with Crippen molar-refractivity contribution in [1.82, 2.24) is 0 Å². The molecule has 2 atom stereocenters. The summed E-state index contributed by atoms with van der Waals surface area (Å²) in [6.45, 7) is 8.54. The minimum absolute atomic E-state index is 0.168. The molecule has 1 heteroatoms. The molecule has 0 fully saturated rings. The molecule has 1 rings (SSSR count). The van der Waals surface area contributed by atoms with Gasteiger partial charge in [0, 0.05) is 6.04 Å². The summed E-state index contributed by atoms with van der Waals surface area (Å²) in [4.78, 5) is 0. The van der Waals surface area contributed by atoms with Gasteiger partial charge in [-0.05, 0) is 38.7 Å². The molecule has 0 saturated heterocycles. The van der Waals surface area contributed by atoms with Crippen molar-refractivity contribution in [3.63, 3.8) is 0 Å². The van der Waals surface area contributed by atoms with Crippen LogP contribution in [0, 0.1) is 6.92 Å². The molecule has 16 heavy (non-hydrogen) atoms. The molecule has 1 aromatic carbocycles. The first-order chi connectivity index (χ1) is 7.49. The zero-order valence-electron chi connectivity index (χ0n) is 10.8. The largest absolute Gasteiger partial charge is 0.324 e. The van der Waals surface area contributed by atoms with Crippen molar-refractivity contribution in [2.75, 3.05) is 0 Å². The average Bonchev–Trinajstić information content (AvgIpc) is 2.16. The predicted octanol–water partition coefficient (Wildman–Crippen LogP) is 3.78. The molecule has 0 aromatic heterocycles. The van der Waals surface area contributed by atoms with E-state index in [9.17, 15) is 0 Å². The van der Waals surface area contributed by atoms with Gasteiger partial charge in [0.25, 0.3) is 0 Å². The molecule has 0 aliphatic carbocycles. The van der Waals surface area contributed by atoms with E-state index in [1.807, 2.05) is 0 Å². The Bertz CT molecular complexity index is 344. The summed E-state index contributed by atoms with van der Waals surface area (Å²) >= 11 is 0. The van der Waals surface area contributed by atoms with Gasteiger partial charge in [0.1, 0.15) is 0 Å². The Hall–Kier alpha value is -1.08. The van der Waals surface area contributed by atoms with Gasteiger partial charge in [-0.25, -0.2) is 0 Å². The number of hydrogen-bond donors (Lipinski definition) is 1. The van der Waals surface area contributed by atoms with E-state index in [-0.39, 0.29) is 6.04 Å². The van der Waals surface area contributed by atoms with Gasteiger partial charge in [-0.3, -0.25) is 0 Å². The van der Waals surface area contributed by atoms with E-state index in [1.54, 1.807) is 0 Å². The highest BCUT2D eigenvalue weighted by Gasteiger charge is 2.09. The Balaban J connectivity index is 2.62. The minimum atomic E-state index is 0.168. The van der Waals surface area contributed by atoms with Gasteiger partial charge in [0.05, 0.1) is 0 Å². The van der Waals surface area contributed by atoms with Crippen molar-refractivity contribution in [3.8, 4) is 0 Å². The average molecular weight is 217 g/mol. The van der Waals surface area contributed by atoms with Crippen LogP contribution in [-0.2, 0) is 0 Å². The van der Waals surface area contributed by atoms with Gasteiger partial charge < -0.3 is 5.73 Å². The molecule has 2 N–H and O–H groups in total. The number of hydrogen-bond acceptors (Lipinski definition) is 1. The number of allylic oxidation sites excluding steroid dienone is 1. The molecule has 0 heterocycles. The molecule has 0 aliphatic rings. The van der Waals surface area contributed by atoms with Crippen LogP contribution in [0.15, 0.2) is 35.9 Å². The summed E-state index contributed by atoms with van der Waals surface area (Å²) in [5.74, 6) is 0.520. The van der Waals surface area contributed by atoms with Crippen molar-refractivity contribution in [1.29, 1.82) is 0 Å². The number of benzene rings is 1. The van der Waals surface area contributed by atoms with Crippen LogP contribution in [-0.4, -0.2) is 6.04 Å². The zero-order valence-corrected chi connectivity index (χ0v) is 10.8. The van der Waals surface area contributed by atoms with Gasteiger partial charge in [0.2, 0.25) is 0 Å². The minimum Gasteiger partial charge on any atom is -0.324 e. The normalized spacial score (nSPS) is 14.3. The lowest BCUT2D eigenvalue weighted by Gasteiger charge is -2.15. The molecular weight excluding hydrogens is 194 g/mol. The maximum Gasteiger partial charge on any atom is 0.0231 e. The molecule has 1 aromatic rings. The van der Waals surface area contributed by atoms with Crippen molar-refractivity contribution in [2.24, 2.45) is 5.73 Å². The summed E-state index contributed by atoms with van der Waals surface area (Å²) in [6, 6.07) is 8.90. The summed E-state index contributed by atoms with van der Waals surface area (Å²) in [5.41, 5.74) is 10.0. The third kappa shape index (κ3) is 4.19. The van der Waals surface area contributed by atoms with E-state index in [0.717, 1.165) is 6.42 Å². The van der Waals surface area contributed by atoms with Crippen LogP contribution in [0.4, 0.5) is 0 Å². The molecule has 0 aliphatic heterocycles. The maximum atomic E-state index is 6.07. The lowest BCUT2D eigenvalue weighted by molar-refractivity contribution is 0.620. The highest BCUT2D eigenvalue weighted by Crippen LogP contribution is 2.21. The molecule has 0 bridgehead atoms. The van der Waals surface area contributed by atoms with Gasteiger partial charge in [0.15, 0.2) is 0 Å². The van der Waals surface area contributed by atoms with Crippen molar-refractivity contribution in [2.45, 2.75) is 46.1 Å². The van der Waals surface area contributed by atoms with Crippen LogP contribution in [0.25, 0.3) is 0 Å². The summed E-state index contributed by atoms with van der Waals surface area (Å²) in [5, 5.41) is 0. The standard InChI is InChI=1S/C15H23N/c1-11(2)9-15(16)10-13(4)14-7-5-12(3)6-8-14/h5-9,13,15H,10,16H2,1-4H3/t13-,15+/m0/s1. The Kier molecular flexibility index (Phi) is 4.75. The Morgan fingerprint density at radius 1 is 1.25 bits per heavy atom. The van der Waals surface area contributed by atoms with Crippen LogP contribution in [0.1, 0.15) is 44.2 Å². The molecule has 0 saturated carbocycles. The van der Waals surface area contributed by atoms with Crippen LogP contribution >= 0.6 is 0 Å². The van der Waals surface area contributed by atoms with Gasteiger partial charge in [-0.15, -0.1) is 0 Å². The van der Waals surface area contributed by atoms with E-state index >= 15 is 0 Å². The topological polar surface area (TPSA) is 26.0 Å². The predicted molar refractivity (Wildman–Crippen MR) is 71.6 cm³/mol. The SMILES string of the molecule is CC(C)=C[C@@H](N)C[C@H](C)c1ccc(C)cc1. The number of rotatable bonds is 4. The second-order valence-corrected chi connectivity index (χ2v) is 4.96. The summed E-state index contributed by atoms with van der Waals surface area (Å²) in [6.07, 6.45) is 3.15. The second-order valence-electron chi connectivity index (χ2n) is 4.96. The first-order valence-electron chi connectivity index (χ1n) is 5.96. The fraction of sp³-hybridized carbons (Fsp3) is 0.467. The first kappa shape index (κ1) is 13.0. The van der Waals surface area contributed by atoms with E-state index in [4.69, 9.17) is 5.73 Å². The van der Waals surface area contributed by atoms with Crippen LogP contribution in [0.3, 0.4) is 0 Å². The van der Waals surface area contributed by atoms with Crippen LogP contribution in [0.5, 0.6) is 0 Å². The highest BCUT2D eigenvalue weighted by molar-refractivity contribution is 5.24. The molecule has 0 radical (unpaired) electrons. The first-order valence-corrected chi connectivity index (χ1v) is 5.96. The fourth-order valence-electron chi connectivity index (χ4n) is 1.94. The third-order valence-corrected chi connectivity index (χ3v) is 2.82. The lowest BCUT2D eigenvalue weighted by Crippen LogP contribution is -2.19. The Labute approximate surface area is 99.4 Å². The maximum absolute atomic E-state index is 6.07. The highest BCUT2D eigenvalue weighted by atomic mass is 14.6. The van der Waals surface area contributed by atoms with E-state index in [1.165, 1.54) is 16.7 Å². The van der Waals surface area contributed by atoms with Gasteiger partial charge >= 0.3 is 0 Å². The third-order valence-electron chi connectivity index (χ3n) is 2.82. The van der Waals surface area contributed by atoms with Crippen molar-refractivity contribution < 1.29 is 0 Å². The summed E-state index contributed by atoms with van der Waals surface area (Å²) in [7, 11) is 0. The van der Waals surface area contributed by atoms with Crippen molar-refractivity contribution >= 4 is 0 Å². The lowest BCUT2D eigenvalue weighted by atomic mass is 9.93. The van der Waals surface area contributed by atoms with E-state index in [2.05, 4.69) is 58.0 Å². The molecule has 0 spiro atoms. The molecule has 88 valence electrons. The van der Waals surface area contributed by atoms with Gasteiger partial charge in [-0.1, -0.05) is 48.4 Å². The van der Waals surface area contributed by atoms with Crippen LogP contribution < -0.4 is 5.73 Å². The second kappa shape index (κ2) is 5.86.